The van der Waals surface area contributed by atoms with Crippen molar-refractivity contribution in [3.8, 4) is 11.5 Å². The fourth-order valence-corrected chi connectivity index (χ4v) is 2.74. The fraction of sp³-hybridized carbons (Fsp3) is 0.0667. The predicted octanol–water partition coefficient (Wildman–Crippen LogP) is 3.41. The Hall–Kier alpha value is -2.40. The number of hydrogen-bond donors (Lipinski definition) is 1. The third-order valence-corrected chi connectivity index (χ3v) is 3.78. The van der Waals surface area contributed by atoms with Crippen molar-refractivity contribution in [2.24, 2.45) is 0 Å². The first-order valence-electron chi connectivity index (χ1n) is 6.11. The molecule has 3 aromatic rings. The van der Waals surface area contributed by atoms with Gasteiger partial charge in [-0.25, -0.2) is 4.98 Å². The van der Waals surface area contributed by atoms with Crippen LogP contribution >= 0.6 is 11.3 Å². The molecule has 0 saturated heterocycles. The number of nitrogens with zero attached hydrogens (tertiary/aromatic N) is 1. The average molecular weight is 284 g/mol. The van der Waals surface area contributed by atoms with Crippen molar-refractivity contribution in [1.82, 2.24) is 4.98 Å². The standard InChI is InChI=1S/C15H12N2O2S/c16-15-17-13(12-7-4-8-19-12)14(20-15)11(18)9-10-5-2-1-3-6-10/h1-8H,9H2,(H2,16,17). The molecule has 0 aliphatic carbocycles. The molecule has 0 bridgehead atoms. The SMILES string of the molecule is Nc1nc(-c2ccco2)c(C(=O)Cc2ccccc2)s1. The van der Waals surface area contributed by atoms with Crippen LogP contribution in [-0.2, 0) is 6.42 Å². The molecule has 2 heterocycles. The minimum Gasteiger partial charge on any atom is -0.463 e. The van der Waals surface area contributed by atoms with E-state index in [9.17, 15) is 4.79 Å². The summed E-state index contributed by atoms with van der Waals surface area (Å²) in [7, 11) is 0. The Morgan fingerprint density at radius 3 is 2.70 bits per heavy atom. The van der Waals surface area contributed by atoms with Gasteiger partial charge in [0.2, 0.25) is 0 Å². The summed E-state index contributed by atoms with van der Waals surface area (Å²) in [5, 5.41) is 0.368. The molecule has 5 heteroatoms. The van der Waals surface area contributed by atoms with Crippen LogP contribution in [-0.4, -0.2) is 10.8 Å². The van der Waals surface area contributed by atoms with Crippen LogP contribution in [0.25, 0.3) is 11.5 Å². The summed E-state index contributed by atoms with van der Waals surface area (Å²) in [5.41, 5.74) is 7.22. The second-order valence-electron chi connectivity index (χ2n) is 4.29. The Morgan fingerprint density at radius 1 is 1.20 bits per heavy atom. The van der Waals surface area contributed by atoms with Crippen LogP contribution in [0.3, 0.4) is 0 Å². The van der Waals surface area contributed by atoms with Gasteiger partial charge in [0.25, 0.3) is 0 Å². The van der Waals surface area contributed by atoms with E-state index in [4.69, 9.17) is 10.2 Å². The number of nitrogen functional groups attached to an aromatic ring is 1. The number of rotatable bonds is 4. The number of furan rings is 1. The van der Waals surface area contributed by atoms with Gasteiger partial charge in [-0.15, -0.1) is 0 Å². The van der Waals surface area contributed by atoms with Gasteiger partial charge in [-0.2, -0.15) is 0 Å². The molecular weight excluding hydrogens is 272 g/mol. The highest BCUT2D eigenvalue weighted by Crippen LogP contribution is 2.31. The van der Waals surface area contributed by atoms with E-state index in [1.54, 1.807) is 18.4 Å². The number of benzene rings is 1. The summed E-state index contributed by atoms with van der Waals surface area (Å²) in [5.74, 6) is 0.561. The van der Waals surface area contributed by atoms with Gasteiger partial charge < -0.3 is 10.2 Å². The zero-order valence-electron chi connectivity index (χ0n) is 10.6. The first kappa shape index (κ1) is 12.6. The van der Waals surface area contributed by atoms with Crippen molar-refractivity contribution < 1.29 is 9.21 Å². The summed E-state index contributed by atoms with van der Waals surface area (Å²) in [4.78, 5) is 17.2. The van der Waals surface area contributed by atoms with Gasteiger partial charge >= 0.3 is 0 Å². The van der Waals surface area contributed by atoms with Crippen molar-refractivity contribution in [3.63, 3.8) is 0 Å². The topological polar surface area (TPSA) is 69.1 Å². The molecule has 0 aliphatic rings. The lowest BCUT2D eigenvalue weighted by Gasteiger charge is -2.00. The van der Waals surface area contributed by atoms with Crippen LogP contribution in [0.1, 0.15) is 15.2 Å². The van der Waals surface area contributed by atoms with Gasteiger partial charge in [-0.1, -0.05) is 41.7 Å². The maximum Gasteiger partial charge on any atom is 0.181 e. The molecule has 0 saturated carbocycles. The molecular formula is C15H12N2O2S. The van der Waals surface area contributed by atoms with E-state index in [1.807, 2.05) is 30.3 Å². The third-order valence-electron chi connectivity index (χ3n) is 2.86. The van der Waals surface area contributed by atoms with Gasteiger partial charge in [0.05, 0.1) is 6.26 Å². The van der Waals surface area contributed by atoms with Crippen LogP contribution in [0.4, 0.5) is 5.13 Å². The van der Waals surface area contributed by atoms with Crippen LogP contribution in [0.5, 0.6) is 0 Å². The normalized spacial score (nSPS) is 10.6. The van der Waals surface area contributed by atoms with Gasteiger partial charge in [0, 0.05) is 6.42 Å². The third kappa shape index (κ3) is 2.48. The van der Waals surface area contributed by atoms with Gasteiger partial charge in [-0.05, 0) is 17.7 Å². The average Bonchev–Trinajstić information content (AvgIpc) is 3.08. The van der Waals surface area contributed by atoms with E-state index >= 15 is 0 Å². The highest BCUT2D eigenvalue weighted by Gasteiger charge is 2.20. The summed E-state index contributed by atoms with van der Waals surface area (Å²) < 4.78 is 5.31. The number of ketones is 1. The number of anilines is 1. The van der Waals surface area contributed by atoms with Crippen LogP contribution in [0.15, 0.2) is 53.1 Å². The van der Waals surface area contributed by atoms with Gasteiger partial charge in [0.15, 0.2) is 16.7 Å². The highest BCUT2D eigenvalue weighted by atomic mass is 32.1. The van der Waals surface area contributed by atoms with E-state index in [-0.39, 0.29) is 5.78 Å². The minimum absolute atomic E-state index is 0.00296. The predicted molar refractivity (Wildman–Crippen MR) is 78.7 cm³/mol. The van der Waals surface area contributed by atoms with Crippen molar-refractivity contribution in [1.29, 1.82) is 0 Å². The number of carbonyl (C=O) groups excluding carboxylic acids is 1. The van der Waals surface area contributed by atoms with E-state index in [1.165, 1.54) is 11.3 Å². The number of Topliss-reactive ketones (excluding diaryl/α,β-unsaturated/α-hetero) is 1. The van der Waals surface area contributed by atoms with E-state index < -0.39 is 0 Å². The van der Waals surface area contributed by atoms with Gasteiger partial charge in [0.1, 0.15) is 10.6 Å². The summed E-state index contributed by atoms with van der Waals surface area (Å²) in [6.45, 7) is 0. The zero-order valence-corrected chi connectivity index (χ0v) is 11.4. The van der Waals surface area contributed by atoms with E-state index in [0.29, 0.717) is 27.9 Å². The molecule has 0 amide bonds. The minimum atomic E-state index is -0.00296. The number of aromatic nitrogens is 1. The Labute approximate surface area is 119 Å². The first-order chi connectivity index (χ1) is 9.74. The number of nitrogens with two attached hydrogens (primary N) is 1. The molecule has 3 rings (SSSR count). The molecule has 2 aromatic heterocycles. The van der Waals surface area contributed by atoms with Crippen molar-refractivity contribution in [2.45, 2.75) is 6.42 Å². The lowest BCUT2D eigenvalue weighted by Crippen LogP contribution is -2.02. The maximum absolute atomic E-state index is 12.4. The summed E-state index contributed by atoms with van der Waals surface area (Å²) in [6.07, 6.45) is 1.88. The van der Waals surface area contributed by atoms with Crippen LogP contribution in [0.2, 0.25) is 0 Å². The molecule has 0 atom stereocenters. The molecule has 4 nitrogen and oxygen atoms in total. The molecule has 0 fully saturated rings. The van der Waals surface area contributed by atoms with Crippen LogP contribution < -0.4 is 5.73 Å². The lowest BCUT2D eigenvalue weighted by molar-refractivity contribution is 0.0997. The lowest BCUT2D eigenvalue weighted by atomic mass is 10.1. The second-order valence-corrected chi connectivity index (χ2v) is 5.32. The Kier molecular flexibility index (Phi) is 3.35. The monoisotopic (exact) mass is 284 g/mol. The molecule has 0 spiro atoms. The van der Waals surface area contributed by atoms with Crippen molar-refractivity contribution >= 4 is 22.3 Å². The highest BCUT2D eigenvalue weighted by molar-refractivity contribution is 7.17. The second kappa shape index (κ2) is 5.30. The molecule has 2 N–H and O–H groups in total. The maximum atomic E-state index is 12.4. The van der Waals surface area contributed by atoms with Crippen molar-refractivity contribution in [2.75, 3.05) is 5.73 Å². The van der Waals surface area contributed by atoms with E-state index in [2.05, 4.69) is 4.98 Å². The Balaban J connectivity index is 1.92. The zero-order chi connectivity index (χ0) is 13.9. The number of hydrogen-bond acceptors (Lipinski definition) is 5. The fourth-order valence-electron chi connectivity index (χ4n) is 1.97. The summed E-state index contributed by atoms with van der Waals surface area (Å²) in [6, 6.07) is 13.1. The molecule has 20 heavy (non-hydrogen) atoms. The molecule has 0 unspecified atom stereocenters. The molecule has 0 radical (unpaired) electrons. The Morgan fingerprint density at radius 2 is 2.00 bits per heavy atom. The van der Waals surface area contributed by atoms with Crippen molar-refractivity contribution in [3.05, 3.63) is 59.2 Å². The summed E-state index contributed by atoms with van der Waals surface area (Å²) >= 11 is 1.20. The molecule has 0 aliphatic heterocycles. The first-order valence-corrected chi connectivity index (χ1v) is 6.93. The van der Waals surface area contributed by atoms with Crippen LogP contribution in [0, 0.1) is 0 Å². The molecule has 1 aromatic carbocycles. The number of thiazole rings is 1. The molecule has 100 valence electrons. The quantitative estimate of drug-likeness (QED) is 0.745. The smallest absolute Gasteiger partial charge is 0.181 e. The Bertz CT molecular complexity index is 718. The van der Waals surface area contributed by atoms with Gasteiger partial charge in [-0.3, -0.25) is 4.79 Å². The van der Waals surface area contributed by atoms with E-state index in [0.717, 1.165) is 5.56 Å². The number of carbonyl (C=O) groups is 1. The largest absolute Gasteiger partial charge is 0.463 e.